The van der Waals surface area contributed by atoms with Crippen LogP contribution in [-0.4, -0.2) is 56.6 Å². The van der Waals surface area contributed by atoms with E-state index in [0.717, 1.165) is 43.5 Å². The first kappa shape index (κ1) is 20.5. The summed E-state index contributed by atoms with van der Waals surface area (Å²) in [6.07, 6.45) is 5.04. The Morgan fingerprint density at radius 2 is 1.93 bits per heavy atom. The fraction of sp³-hybridized carbons (Fsp3) is 0.619. The van der Waals surface area contributed by atoms with E-state index in [0.29, 0.717) is 38.2 Å². The van der Waals surface area contributed by atoms with Gasteiger partial charge in [-0.15, -0.1) is 0 Å². The van der Waals surface area contributed by atoms with Crippen LogP contribution in [0.4, 0.5) is 0 Å². The molecule has 154 valence electrons. The number of carbonyl (C=O) groups is 2. The van der Waals surface area contributed by atoms with Gasteiger partial charge < -0.3 is 25.0 Å². The molecule has 1 aromatic rings. The maximum atomic E-state index is 12.6. The molecule has 2 amide bonds. The molecule has 1 aromatic carbocycles. The Hall–Kier alpha value is -2.28. The van der Waals surface area contributed by atoms with Gasteiger partial charge in [-0.2, -0.15) is 0 Å². The Morgan fingerprint density at radius 3 is 2.61 bits per heavy atom. The van der Waals surface area contributed by atoms with Crippen molar-refractivity contribution in [2.45, 2.75) is 51.1 Å². The predicted molar refractivity (Wildman–Crippen MR) is 107 cm³/mol. The number of fused-ring (bicyclic) bond motifs is 1. The number of carbonyl (C=O) groups excluding carboxylic acids is 2. The monoisotopic (exact) mass is 389 g/mol. The number of amides is 2. The van der Waals surface area contributed by atoms with Crippen LogP contribution in [0, 0.1) is 0 Å². The average Bonchev–Trinajstić information content (AvgIpc) is 2.75. The molecule has 0 radical (unpaired) electrons. The summed E-state index contributed by atoms with van der Waals surface area (Å²) >= 11 is 0. The van der Waals surface area contributed by atoms with Crippen molar-refractivity contribution in [3.63, 3.8) is 0 Å². The van der Waals surface area contributed by atoms with Crippen LogP contribution in [0.5, 0.6) is 11.5 Å². The van der Waals surface area contributed by atoms with Gasteiger partial charge in [0.25, 0.3) is 0 Å². The molecule has 7 nitrogen and oxygen atoms in total. The highest BCUT2D eigenvalue weighted by Gasteiger charge is 2.23. The number of hydrogen-bond donors (Lipinski definition) is 2. The van der Waals surface area contributed by atoms with Gasteiger partial charge in [-0.05, 0) is 55.5 Å². The van der Waals surface area contributed by atoms with E-state index in [1.54, 1.807) is 14.2 Å². The van der Waals surface area contributed by atoms with Crippen LogP contribution in [0.2, 0.25) is 0 Å². The van der Waals surface area contributed by atoms with E-state index in [2.05, 4.69) is 10.6 Å². The van der Waals surface area contributed by atoms with Gasteiger partial charge in [0.15, 0.2) is 11.5 Å². The van der Waals surface area contributed by atoms with E-state index in [-0.39, 0.29) is 17.9 Å². The minimum Gasteiger partial charge on any atom is -0.493 e. The van der Waals surface area contributed by atoms with Crippen molar-refractivity contribution in [2.75, 3.05) is 33.9 Å². The quantitative estimate of drug-likeness (QED) is 0.693. The fourth-order valence-corrected chi connectivity index (χ4v) is 3.90. The second-order valence-corrected chi connectivity index (χ2v) is 7.44. The molecule has 2 heterocycles. The lowest BCUT2D eigenvalue weighted by atomic mass is 9.98. The summed E-state index contributed by atoms with van der Waals surface area (Å²) in [6, 6.07) is 3.89. The fourth-order valence-electron chi connectivity index (χ4n) is 3.90. The normalized spacial score (nSPS) is 18.9. The lowest BCUT2D eigenvalue weighted by Gasteiger charge is -2.30. The standard InChI is InChI=1S/C21H31N3O4/c1-27-18-12-15-8-11-24(14-16(15)13-19(18)28-2)20(25)7-5-10-23-21(26)17-6-3-4-9-22-17/h12-13,17,22H,3-11,14H2,1-2H3,(H,23,26). The molecule has 1 unspecified atom stereocenters. The second kappa shape index (κ2) is 9.78. The highest BCUT2D eigenvalue weighted by atomic mass is 16.5. The van der Waals surface area contributed by atoms with Gasteiger partial charge >= 0.3 is 0 Å². The number of nitrogens with one attached hydrogen (secondary N) is 2. The third-order valence-corrected chi connectivity index (χ3v) is 5.56. The van der Waals surface area contributed by atoms with Crippen LogP contribution in [-0.2, 0) is 22.6 Å². The third-order valence-electron chi connectivity index (χ3n) is 5.56. The zero-order valence-electron chi connectivity index (χ0n) is 16.9. The van der Waals surface area contributed by atoms with Crippen molar-refractivity contribution in [3.8, 4) is 11.5 Å². The Labute approximate surface area is 166 Å². The minimum absolute atomic E-state index is 0.0556. The molecule has 0 spiro atoms. The molecule has 0 bridgehead atoms. The molecular weight excluding hydrogens is 358 g/mol. The van der Waals surface area contributed by atoms with Gasteiger partial charge in [0.05, 0.1) is 20.3 Å². The molecule has 0 aliphatic carbocycles. The summed E-state index contributed by atoms with van der Waals surface area (Å²) < 4.78 is 10.7. The topological polar surface area (TPSA) is 79.9 Å². The molecule has 1 fully saturated rings. The second-order valence-electron chi connectivity index (χ2n) is 7.44. The molecule has 28 heavy (non-hydrogen) atoms. The van der Waals surface area contributed by atoms with Gasteiger partial charge in [-0.1, -0.05) is 6.42 Å². The molecule has 2 aliphatic rings. The molecule has 3 rings (SSSR count). The van der Waals surface area contributed by atoms with Crippen molar-refractivity contribution in [2.24, 2.45) is 0 Å². The van der Waals surface area contributed by atoms with Crippen LogP contribution in [0.25, 0.3) is 0 Å². The van der Waals surface area contributed by atoms with Crippen molar-refractivity contribution >= 4 is 11.8 Å². The van der Waals surface area contributed by atoms with Crippen molar-refractivity contribution in [1.82, 2.24) is 15.5 Å². The first-order valence-electron chi connectivity index (χ1n) is 10.1. The van der Waals surface area contributed by atoms with E-state index in [1.807, 2.05) is 17.0 Å². The highest BCUT2D eigenvalue weighted by molar-refractivity contribution is 5.82. The molecule has 0 aromatic heterocycles. The maximum Gasteiger partial charge on any atom is 0.237 e. The van der Waals surface area contributed by atoms with Crippen LogP contribution in [0.15, 0.2) is 12.1 Å². The number of rotatable bonds is 7. The van der Waals surface area contributed by atoms with Gasteiger partial charge in [0.2, 0.25) is 11.8 Å². The molecule has 2 N–H and O–H groups in total. The molecule has 0 saturated carbocycles. The molecule has 2 aliphatic heterocycles. The summed E-state index contributed by atoms with van der Waals surface area (Å²) in [5.74, 6) is 1.60. The lowest BCUT2D eigenvalue weighted by molar-refractivity contribution is -0.132. The Bertz CT molecular complexity index is 701. The van der Waals surface area contributed by atoms with Crippen LogP contribution in [0.3, 0.4) is 0 Å². The molecular formula is C21H31N3O4. The summed E-state index contributed by atoms with van der Waals surface area (Å²) in [7, 11) is 3.25. The zero-order valence-corrected chi connectivity index (χ0v) is 16.9. The van der Waals surface area contributed by atoms with E-state index in [1.165, 1.54) is 5.56 Å². The van der Waals surface area contributed by atoms with E-state index in [4.69, 9.17) is 9.47 Å². The van der Waals surface area contributed by atoms with Gasteiger partial charge in [-0.25, -0.2) is 0 Å². The highest BCUT2D eigenvalue weighted by Crippen LogP contribution is 2.33. The van der Waals surface area contributed by atoms with Gasteiger partial charge in [-0.3, -0.25) is 9.59 Å². The first-order chi connectivity index (χ1) is 13.6. The summed E-state index contributed by atoms with van der Waals surface area (Å²) in [5.41, 5.74) is 2.31. The number of hydrogen-bond acceptors (Lipinski definition) is 5. The van der Waals surface area contributed by atoms with Crippen LogP contribution >= 0.6 is 0 Å². The number of benzene rings is 1. The van der Waals surface area contributed by atoms with Crippen LogP contribution < -0.4 is 20.1 Å². The Morgan fingerprint density at radius 1 is 1.18 bits per heavy atom. The Kier molecular flexibility index (Phi) is 7.14. The summed E-state index contributed by atoms with van der Waals surface area (Å²) in [4.78, 5) is 26.6. The molecule has 1 saturated heterocycles. The maximum absolute atomic E-state index is 12.6. The van der Waals surface area contributed by atoms with Crippen molar-refractivity contribution < 1.29 is 19.1 Å². The lowest BCUT2D eigenvalue weighted by Crippen LogP contribution is -2.46. The SMILES string of the molecule is COc1cc2c(cc1OC)CN(C(=O)CCCNC(=O)C1CCCCN1)CC2. The van der Waals surface area contributed by atoms with Gasteiger partial charge in [0, 0.05) is 26.1 Å². The number of methoxy groups -OCH3 is 2. The predicted octanol–water partition coefficient (Wildman–Crippen LogP) is 1.63. The largest absolute Gasteiger partial charge is 0.493 e. The summed E-state index contributed by atoms with van der Waals surface area (Å²) in [6.45, 7) is 2.74. The summed E-state index contributed by atoms with van der Waals surface area (Å²) in [5, 5.41) is 6.19. The Balaban J connectivity index is 1.45. The first-order valence-corrected chi connectivity index (χ1v) is 10.1. The van der Waals surface area contributed by atoms with E-state index < -0.39 is 0 Å². The average molecular weight is 389 g/mol. The smallest absolute Gasteiger partial charge is 0.237 e. The molecule has 7 heteroatoms. The zero-order chi connectivity index (χ0) is 19.9. The molecule has 1 atom stereocenters. The minimum atomic E-state index is -0.0741. The number of nitrogens with zero attached hydrogens (tertiary/aromatic N) is 1. The number of piperidine rings is 1. The van der Waals surface area contributed by atoms with E-state index >= 15 is 0 Å². The van der Waals surface area contributed by atoms with E-state index in [9.17, 15) is 9.59 Å². The van der Waals surface area contributed by atoms with Crippen LogP contribution in [0.1, 0.15) is 43.2 Å². The van der Waals surface area contributed by atoms with Crippen molar-refractivity contribution in [1.29, 1.82) is 0 Å². The third kappa shape index (κ3) is 4.95. The van der Waals surface area contributed by atoms with Crippen molar-refractivity contribution in [3.05, 3.63) is 23.3 Å². The number of ether oxygens (including phenoxy) is 2. The van der Waals surface area contributed by atoms with Gasteiger partial charge in [0.1, 0.15) is 0 Å².